The average molecular weight is 450 g/mol. The fourth-order valence-electron chi connectivity index (χ4n) is 2.82. The van der Waals surface area contributed by atoms with E-state index in [1.165, 1.54) is 31.4 Å². The van der Waals surface area contributed by atoms with Gasteiger partial charge in [-0.1, -0.05) is 46.0 Å². The van der Waals surface area contributed by atoms with E-state index in [1.54, 1.807) is 0 Å². The first-order valence-electron chi connectivity index (χ1n) is 10.3. The predicted octanol–water partition coefficient (Wildman–Crippen LogP) is 0.783. The van der Waals surface area contributed by atoms with E-state index in [1.807, 2.05) is 6.92 Å². The van der Waals surface area contributed by atoms with Gasteiger partial charge in [0.05, 0.1) is 4.90 Å². The summed E-state index contributed by atoms with van der Waals surface area (Å²) in [5, 5.41) is 2.94. The first-order chi connectivity index (χ1) is 13.7. The van der Waals surface area contributed by atoms with E-state index in [0.717, 1.165) is 37.8 Å². The maximum absolute atomic E-state index is 12.0. The van der Waals surface area contributed by atoms with Crippen molar-refractivity contribution in [3.8, 4) is 5.75 Å². The van der Waals surface area contributed by atoms with Crippen molar-refractivity contribution in [2.45, 2.75) is 76.5 Å². The number of hydrogen-bond acceptors (Lipinski definition) is 6. The maximum Gasteiger partial charge on any atom is 1.00 e. The van der Waals surface area contributed by atoms with E-state index >= 15 is 0 Å². The molecule has 1 aromatic rings. The molecule has 0 spiro atoms. The third-order valence-corrected chi connectivity index (χ3v) is 5.49. The number of amides is 1. The number of carbonyl (C=O) groups excluding carboxylic acids is 2. The van der Waals surface area contributed by atoms with Gasteiger partial charge in [-0.3, -0.25) is 9.59 Å². The molecule has 30 heavy (non-hydrogen) atoms. The van der Waals surface area contributed by atoms with Crippen LogP contribution in [0.15, 0.2) is 29.2 Å². The van der Waals surface area contributed by atoms with Gasteiger partial charge in [0.1, 0.15) is 15.9 Å². The molecular formula is C21H32NNaO6S. The summed E-state index contributed by atoms with van der Waals surface area (Å²) in [4.78, 5) is 23.4. The fraction of sp³-hybridized carbons (Fsp3) is 0.619. The molecule has 1 unspecified atom stereocenters. The summed E-state index contributed by atoms with van der Waals surface area (Å²) in [7, 11) is -4.51. The molecule has 1 aromatic carbocycles. The number of ether oxygens (including phenoxy) is 1. The van der Waals surface area contributed by atoms with Crippen LogP contribution in [0.2, 0.25) is 0 Å². The summed E-state index contributed by atoms with van der Waals surface area (Å²) < 4.78 is 37.7. The molecule has 0 saturated carbocycles. The number of nitrogens with one attached hydrogen (secondary N) is 1. The zero-order valence-electron chi connectivity index (χ0n) is 18.3. The Labute approximate surface area is 202 Å². The Morgan fingerprint density at radius 2 is 1.67 bits per heavy atom. The Kier molecular flexibility index (Phi) is 15.3. The van der Waals surface area contributed by atoms with Crippen LogP contribution in [0.25, 0.3) is 0 Å². The van der Waals surface area contributed by atoms with Crippen LogP contribution in [0.1, 0.15) is 71.6 Å². The van der Waals surface area contributed by atoms with Crippen LogP contribution >= 0.6 is 0 Å². The van der Waals surface area contributed by atoms with Crippen molar-refractivity contribution in [2.75, 3.05) is 6.54 Å². The molecule has 0 saturated heterocycles. The number of benzene rings is 1. The largest absolute Gasteiger partial charge is 1.00 e. The van der Waals surface area contributed by atoms with Gasteiger partial charge in [-0.15, -0.1) is 0 Å². The van der Waals surface area contributed by atoms with Crippen molar-refractivity contribution >= 4 is 22.0 Å². The average Bonchev–Trinajstić information content (AvgIpc) is 2.67. The minimum absolute atomic E-state index is 0. The van der Waals surface area contributed by atoms with Gasteiger partial charge in [0, 0.05) is 18.9 Å². The molecule has 1 N–H and O–H groups in total. The van der Waals surface area contributed by atoms with Crippen LogP contribution < -0.4 is 39.6 Å². The van der Waals surface area contributed by atoms with Gasteiger partial charge in [0.15, 0.2) is 0 Å². The summed E-state index contributed by atoms with van der Waals surface area (Å²) in [5.74, 6) is -0.107. The topological polar surface area (TPSA) is 113 Å². The standard InChI is InChI=1S/C21H33NO6S.Na/c1-3-4-5-7-10-17(2)21(24)22-16-9-6-8-11-20(23)28-18-12-14-19(15-13-18)29(25,26)27;/h12-15,17H,3-11,16H2,1-2H3,(H,22,24)(H,25,26,27);/q;+1/p-1. The monoisotopic (exact) mass is 449 g/mol. The molecule has 1 rings (SSSR count). The molecule has 0 aromatic heterocycles. The van der Waals surface area contributed by atoms with Crippen molar-refractivity contribution in [3.05, 3.63) is 24.3 Å². The predicted molar refractivity (Wildman–Crippen MR) is 109 cm³/mol. The molecule has 164 valence electrons. The zero-order valence-corrected chi connectivity index (χ0v) is 21.1. The summed E-state index contributed by atoms with van der Waals surface area (Å²) >= 11 is 0. The molecule has 0 aliphatic heterocycles. The van der Waals surface area contributed by atoms with Crippen LogP contribution in [-0.4, -0.2) is 31.4 Å². The van der Waals surface area contributed by atoms with E-state index in [0.29, 0.717) is 13.0 Å². The van der Waals surface area contributed by atoms with Crippen LogP contribution in [0.4, 0.5) is 0 Å². The van der Waals surface area contributed by atoms with Gasteiger partial charge in [-0.25, -0.2) is 8.42 Å². The molecule has 1 atom stereocenters. The SMILES string of the molecule is CCCCCCC(C)C(=O)NCCCCCC(=O)Oc1ccc(S(=O)(=O)[O-])cc1.[Na+]. The molecule has 0 bridgehead atoms. The van der Waals surface area contributed by atoms with Crippen molar-refractivity contribution < 1.29 is 56.9 Å². The Bertz CT molecular complexity index is 736. The van der Waals surface area contributed by atoms with Gasteiger partial charge < -0.3 is 14.6 Å². The Balaban J connectivity index is 0.00000841. The smallest absolute Gasteiger partial charge is 0.744 e. The van der Waals surface area contributed by atoms with E-state index in [4.69, 9.17) is 4.74 Å². The quantitative estimate of drug-likeness (QED) is 0.148. The number of rotatable bonds is 14. The van der Waals surface area contributed by atoms with Gasteiger partial charge >= 0.3 is 35.5 Å². The molecule has 0 aliphatic carbocycles. The first-order valence-corrected chi connectivity index (χ1v) is 11.7. The van der Waals surface area contributed by atoms with E-state index in [9.17, 15) is 22.6 Å². The molecule has 0 radical (unpaired) electrons. The second-order valence-corrected chi connectivity index (χ2v) is 8.63. The fourth-order valence-corrected chi connectivity index (χ4v) is 3.29. The normalized spacial score (nSPS) is 12.0. The summed E-state index contributed by atoms with van der Waals surface area (Å²) in [6, 6.07) is 4.78. The Hall–Kier alpha value is -0.930. The number of hydrogen-bond donors (Lipinski definition) is 1. The van der Waals surface area contributed by atoms with Gasteiger partial charge in [-0.05, 0) is 43.5 Å². The molecule has 1 amide bonds. The summed E-state index contributed by atoms with van der Waals surface area (Å²) in [6.07, 6.45) is 8.00. The van der Waals surface area contributed by atoms with Crippen molar-refractivity contribution in [3.63, 3.8) is 0 Å². The van der Waals surface area contributed by atoms with Gasteiger partial charge in [-0.2, -0.15) is 0 Å². The van der Waals surface area contributed by atoms with Crippen molar-refractivity contribution in [2.24, 2.45) is 5.92 Å². The van der Waals surface area contributed by atoms with E-state index in [2.05, 4.69) is 12.2 Å². The minimum atomic E-state index is -4.51. The van der Waals surface area contributed by atoms with Gasteiger partial charge in [0.2, 0.25) is 5.91 Å². The van der Waals surface area contributed by atoms with E-state index < -0.39 is 16.1 Å². The third kappa shape index (κ3) is 12.7. The van der Waals surface area contributed by atoms with Gasteiger partial charge in [0.25, 0.3) is 0 Å². The number of unbranched alkanes of at least 4 members (excludes halogenated alkanes) is 5. The Morgan fingerprint density at radius 3 is 2.27 bits per heavy atom. The molecule has 9 heteroatoms. The molecule has 0 aliphatic rings. The van der Waals surface area contributed by atoms with E-state index in [-0.39, 0.29) is 58.4 Å². The van der Waals surface area contributed by atoms with Crippen LogP contribution in [0.3, 0.4) is 0 Å². The van der Waals surface area contributed by atoms with Crippen LogP contribution in [0, 0.1) is 5.92 Å². The van der Waals surface area contributed by atoms with Crippen molar-refractivity contribution in [1.82, 2.24) is 5.32 Å². The molecular weight excluding hydrogens is 417 g/mol. The van der Waals surface area contributed by atoms with Crippen LogP contribution in [-0.2, 0) is 19.7 Å². The molecule has 0 heterocycles. The van der Waals surface area contributed by atoms with Crippen LogP contribution in [0.5, 0.6) is 5.75 Å². The zero-order chi connectivity index (χ0) is 21.7. The maximum atomic E-state index is 12.0. The molecule has 7 nitrogen and oxygen atoms in total. The second-order valence-electron chi connectivity index (χ2n) is 7.25. The molecule has 0 fully saturated rings. The van der Waals surface area contributed by atoms with Crippen molar-refractivity contribution in [1.29, 1.82) is 0 Å². The summed E-state index contributed by atoms with van der Waals surface area (Å²) in [6.45, 7) is 4.71. The Morgan fingerprint density at radius 1 is 1.03 bits per heavy atom. The summed E-state index contributed by atoms with van der Waals surface area (Å²) in [5.41, 5.74) is 0. The third-order valence-electron chi connectivity index (χ3n) is 4.64. The number of carbonyl (C=O) groups is 2. The number of esters is 1. The first kappa shape index (κ1) is 29.1. The second kappa shape index (κ2) is 15.8. The minimum Gasteiger partial charge on any atom is -0.744 e.